The molecule has 0 aliphatic carbocycles. The van der Waals surface area contributed by atoms with Gasteiger partial charge in [-0.2, -0.15) is 12.6 Å². The van der Waals surface area contributed by atoms with Crippen LogP contribution in [0, 0.1) is 5.92 Å². The molecule has 0 aromatic carbocycles. The van der Waals surface area contributed by atoms with Crippen molar-refractivity contribution in [1.29, 1.82) is 0 Å². The Balaban J connectivity index is 3.89. The predicted octanol–water partition coefficient (Wildman–Crippen LogP) is 2.20. The van der Waals surface area contributed by atoms with Gasteiger partial charge in [0.2, 0.25) is 0 Å². The van der Waals surface area contributed by atoms with Crippen molar-refractivity contribution in [3.05, 3.63) is 0 Å². The predicted molar refractivity (Wildman–Crippen MR) is 58.2 cm³/mol. The van der Waals surface area contributed by atoms with Gasteiger partial charge in [0.05, 0.1) is 5.92 Å². The van der Waals surface area contributed by atoms with Crippen molar-refractivity contribution in [3.63, 3.8) is 0 Å². The minimum atomic E-state index is -0.527. The van der Waals surface area contributed by atoms with E-state index < -0.39 is 17.2 Å². The van der Waals surface area contributed by atoms with E-state index >= 15 is 0 Å². The number of hydrogen-bond donors (Lipinski definition) is 1. The van der Waals surface area contributed by atoms with Crippen LogP contribution in [0.4, 0.5) is 0 Å². The van der Waals surface area contributed by atoms with Crippen LogP contribution in [0.15, 0.2) is 0 Å². The van der Waals surface area contributed by atoms with E-state index in [4.69, 9.17) is 0 Å². The fourth-order valence-corrected chi connectivity index (χ4v) is 1.04. The Morgan fingerprint density at radius 2 is 1.86 bits per heavy atom. The molecule has 0 saturated heterocycles. The second-order valence-electron chi connectivity index (χ2n) is 3.55. The van der Waals surface area contributed by atoms with E-state index in [9.17, 15) is 9.59 Å². The first-order valence-corrected chi connectivity index (χ1v) is 5.44. The Bertz CT molecular complexity index is 202. The van der Waals surface area contributed by atoms with Crippen molar-refractivity contribution in [2.75, 3.05) is 0 Å². The second kappa shape index (κ2) is 6.87. The van der Waals surface area contributed by atoms with E-state index in [1.165, 1.54) is 0 Å². The maximum Gasteiger partial charge on any atom is 0.326 e. The maximum atomic E-state index is 11.2. The number of esters is 2. The highest BCUT2D eigenvalue weighted by atomic mass is 32.1. The van der Waals surface area contributed by atoms with Crippen molar-refractivity contribution in [2.24, 2.45) is 5.92 Å². The highest BCUT2D eigenvalue weighted by molar-refractivity contribution is 7.81. The molecule has 0 saturated carbocycles. The molecule has 0 heterocycles. The lowest BCUT2D eigenvalue weighted by Crippen LogP contribution is -2.24. The summed E-state index contributed by atoms with van der Waals surface area (Å²) in [6, 6.07) is 0. The molecule has 1 unspecified atom stereocenters. The fourth-order valence-electron chi connectivity index (χ4n) is 0.800. The topological polar surface area (TPSA) is 43.4 Å². The van der Waals surface area contributed by atoms with Crippen molar-refractivity contribution in [3.8, 4) is 0 Å². The molecule has 14 heavy (non-hydrogen) atoms. The largest absolute Gasteiger partial charge is 0.392 e. The molecule has 1 atom stereocenters. The number of thiol groups is 1. The van der Waals surface area contributed by atoms with E-state index in [2.05, 4.69) is 17.4 Å². The lowest BCUT2D eigenvalue weighted by Gasteiger charge is -2.09. The zero-order valence-electron chi connectivity index (χ0n) is 8.95. The highest BCUT2D eigenvalue weighted by Gasteiger charge is 2.20. The average Bonchev–Trinajstić information content (AvgIpc) is 2.13. The van der Waals surface area contributed by atoms with Crippen molar-refractivity contribution < 1.29 is 14.3 Å². The zero-order chi connectivity index (χ0) is 11.1. The summed E-state index contributed by atoms with van der Waals surface area (Å²) in [5.41, 5.74) is 0. The van der Waals surface area contributed by atoms with Crippen molar-refractivity contribution >= 4 is 24.6 Å². The number of hydrogen-bond acceptors (Lipinski definition) is 4. The average molecular weight is 218 g/mol. The molecule has 0 aliphatic rings. The van der Waals surface area contributed by atoms with Gasteiger partial charge in [-0.15, -0.1) is 0 Å². The summed E-state index contributed by atoms with van der Waals surface area (Å²) in [6.07, 6.45) is 2.57. The number of carbonyl (C=O) groups excluding carboxylic acids is 2. The number of ether oxygens (including phenoxy) is 1. The summed E-state index contributed by atoms with van der Waals surface area (Å²) in [5.74, 6) is -1.28. The third kappa shape index (κ3) is 5.27. The fraction of sp³-hybridized carbons (Fsp3) is 0.800. The van der Waals surface area contributed by atoms with Crippen LogP contribution in [-0.4, -0.2) is 17.2 Å². The number of unbranched alkanes of at least 4 members (excludes halogenated alkanes) is 1. The van der Waals surface area contributed by atoms with E-state index in [1.807, 2.05) is 6.92 Å². The monoisotopic (exact) mass is 218 g/mol. The van der Waals surface area contributed by atoms with Gasteiger partial charge in [0.25, 0.3) is 0 Å². The summed E-state index contributed by atoms with van der Waals surface area (Å²) in [7, 11) is 0. The molecule has 0 aromatic rings. The van der Waals surface area contributed by atoms with Crippen LogP contribution in [0.1, 0.15) is 40.0 Å². The van der Waals surface area contributed by atoms with Gasteiger partial charge in [0.15, 0.2) is 0 Å². The van der Waals surface area contributed by atoms with Crippen LogP contribution in [0.3, 0.4) is 0 Å². The van der Waals surface area contributed by atoms with Gasteiger partial charge in [-0.05, 0) is 6.42 Å². The number of rotatable bonds is 5. The second-order valence-corrected chi connectivity index (χ2v) is 4.18. The Labute approximate surface area is 90.6 Å². The molecular formula is C10H18O3S. The summed E-state index contributed by atoms with van der Waals surface area (Å²) < 4.78 is 4.62. The van der Waals surface area contributed by atoms with Crippen molar-refractivity contribution in [1.82, 2.24) is 0 Å². The maximum absolute atomic E-state index is 11.2. The van der Waals surface area contributed by atoms with Gasteiger partial charge in [-0.25, -0.2) is 0 Å². The highest BCUT2D eigenvalue weighted by Crippen LogP contribution is 2.10. The molecule has 0 amide bonds. The minimum absolute atomic E-state index is 0.273. The van der Waals surface area contributed by atoms with Gasteiger partial charge in [-0.3, -0.25) is 9.59 Å². The molecule has 0 aromatic heterocycles. The standard InChI is InChI=1S/C10H18O3S/c1-4-5-6-8(14)10(12)13-9(11)7(2)3/h7-8,14H,4-6H2,1-3H3. The van der Waals surface area contributed by atoms with E-state index in [-0.39, 0.29) is 5.92 Å². The first-order chi connectivity index (χ1) is 6.49. The Morgan fingerprint density at radius 3 is 2.29 bits per heavy atom. The van der Waals surface area contributed by atoms with E-state index in [0.717, 1.165) is 12.8 Å². The first kappa shape index (κ1) is 13.5. The zero-order valence-corrected chi connectivity index (χ0v) is 9.84. The summed E-state index contributed by atoms with van der Waals surface area (Å²) in [4.78, 5) is 22.3. The lowest BCUT2D eigenvalue weighted by atomic mass is 10.2. The van der Waals surface area contributed by atoms with Gasteiger partial charge >= 0.3 is 11.9 Å². The molecule has 0 fully saturated rings. The molecule has 3 nitrogen and oxygen atoms in total. The minimum Gasteiger partial charge on any atom is -0.392 e. The lowest BCUT2D eigenvalue weighted by molar-refractivity contribution is -0.161. The molecule has 82 valence electrons. The van der Waals surface area contributed by atoms with Gasteiger partial charge in [-0.1, -0.05) is 33.6 Å². The van der Waals surface area contributed by atoms with E-state index in [1.54, 1.807) is 13.8 Å². The molecule has 0 radical (unpaired) electrons. The Hall–Kier alpha value is -0.510. The van der Waals surface area contributed by atoms with Crippen LogP contribution in [-0.2, 0) is 14.3 Å². The Kier molecular flexibility index (Phi) is 6.62. The third-order valence-electron chi connectivity index (χ3n) is 1.78. The molecule has 0 spiro atoms. The molecule has 4 heteroatoms. The first-order valence-electron chi connectivity index (χ1n) is 4.92. The molecule has 0 N–H and O–H groups in total. The Morgan fingerprint density at radius 1 is 1.29 bits per heavy atom. The normalized spacial score (nSPS) is 12.6. The summed E-state index contributed by atoms with van der Waals surface area (Å²) >= 11 is 4.08. The van der Waals surface area contributed by atoms with Gasteiger partial charge < -0.3 is 4.74 Å². The summed E-state index contributed by atoms with van der Waals surface area (Å²) in [5, 5.41) is -0.474. The SMILES string of the molecule is CCCCC(S)C(=O)OC(=O)C(C)C. The van der Waals surface area contributed by atoms with Gasteiger partial charge in [0.1, 0.15) is 5.25 Å². The smallest absolute Gasteiger partial charge is 0.326 e. The quantitative estimate of drug-likeness (QED) is 0.437. The van der Waals surface area contributed by atoms with E-state index in [0.29, 0.717) is 6.42 Å². The van der Waals surface area contributed by atoms with Crippen LogP contribution >= 0.6 is 12.6 Å². The molecular weight excluding hydrogens is 200 g/mol. The van der Waals surface area contributed by atoms with Crippen LogP contribution in [0.2, 0.25) is 0 Å². The van der Waals surface area contributed by atoms with Gasteiger partial charge in [0, 0.05) is 0 Å². The molecule has 0 aliphatic heterocycles. The molecule has 0 bridgehead atoms. The number of carbonyl (C=O) groups is 2. The van der Waals surface area contributed by atoms with Crippen LogP contribution in [0.5, 0.6) is 0 Å². The summed E-state index contributed by atoms with van der Waals surface area (Å²) in [6.45, 7) is 5.41. The van der Waals surface area contributed by atoms with Crippen molar-refractivity contribution in [2.45, 2.75) is 45.3 Å². The molecule has 0 rings (SSSR count). The van der Waals surface area contributed by atoms with Crippen LogP contribution in [0.25, 0.3) is 0 Å². The van der Waals surface area contributed by atoms with Crippen LogP contribution < -0.4 is 0 Å². The third-order valence-corrected chi connectivity index (χ3v) is 2.24.